The number of hydrogen-bond donors (Lipinski definition) is 2. The molecule has 0 heterocycles. The highest BCUT2D eigenvalue weighted by Crippen LogP contribution is 2.24. The van der Waals surface area contributed by atoms with Gasteiger partial charge in [-0.1, -0.05) is 18.2 Å². The molecule has 0 fully saturated rings. The van der Waals surface area contributed by atoms with Crippen LogP contribution in [-0.2, 0) is 10.0 Å². The van der Waals surface area contributed by atoms with Crippen LogP contribution in [0.15, 0.2) is 53.4 Å². The minimum atomic E-state index is -4.99. The Kier molecular flexibility index (Phi) is 5.28. The minimum Gasteiger partial charge on any atom is -0.406 e. The van der Waals surface area contributed by atoms with Gasteiger partial charge in [0.1, 0.15) is 11.6 Å². The van der Waals surface area contributed by atoms with Gasteiger partial charge in [-0.05, 0) is 24.3 Å². The van der Waals surface area contributed by atoms with Crippen molar-refractivity contribution >= 4 is 15.9 Å². The molecule has 134 valence electrons. The Balaban J connectivity index is 2.13. The van der Waals surface area contributed by atoms with E-state index in [1.165, 1.54) is 12.1 Å². The maximum atomic E-state index is 13.4. The number of rotatable bonds is 5. The van der Waals surface area contributed by atoms with E-state index in [4.69, 9.17) is 0 Å². The number of hydrazine groups is 1. The van der Waals surface area contributed by atoms with Crippen LogP contribution in [-0.4, -0.2) is 20.7 Å². The molecule has 0 atom stereocenters. The zero-order chi connectivity index (χ0) is 18.7. The first-order valence-corrected chi connectivity index (χ1v) is 7.99. The van der Waals surface area contributed by atoms with E-state index in [1.54, 1.807) is 10.3 Å². The fourth-order valence-electron chi connectivity index (χ4n) is 1.72. The topological polar surface area (TPSA) is 84.5 Å². The van der Waals surface area contributed by atoms with E-state index in [0.29, 0.717) is 6.07 Å². The summed E-state index contributed by atoms with van der Waals surface area (Å²) in [6, 6.07) is 8.36. The molecule has 0 saturated carbocycles. The Labute approximate surface area is 139 Å². The van der Waals surface area contributed by atoms with Crippen molar-refractivity contribution in [3.63, 3.8) is 0 Å². The SMILES string of the molecule is O=C(NNS(=O)(=O)c1cccc(OC(F)(F)F)c1)c1ccccc1F. The van der Waals surface area contributed by atoms with Gasteiger partial charge in [-0.15, -0.1) is 18.0 Å². The molecule has 2 aromatic carbocycles. The Morgan fingerprint density at radius 1 is 1.04 bits per heavy atom. The zero-order valence-electron chi connectivity index (χ0n) is 12.2. The average molecular weight is 378 g/mol. The van der Waals surface area contributed by atoms with Gasteiger partial charge >= 0.3 is 6.36 Å². The van der Waals surface area contributed by atoms with Gasteiger partial charge in [0.05, 0.1) is 10.5 Å². The molecule has 0 aliphatic heterocycles. The van der Waals surface area contributed by atoms with Crippen LogP contribution in [0.2, 0.25) is 0 Å². The summed E-state index contributed by atoms with van der Waals surface area (Å²) in [6.45, 7) is 0. The summed E-state index contributed by atoms with van der Waals surface area (Å²) in [5.74, 6) is -2.71. The second-order valence-corrected chi connectivity index (χ2v) is 6.24. The van der Waals surface area contributed by atoms with Crippen LogP contribution in [0, 0.1) is 5.82 Å². The molecule has 0 aromatic heterocycles. The monoisotopic (exact) mass is 378 g/mol. The molecule has 1 amide bonds. The molecule has 2 N–H and O–H groups in total. The Morgan fingerprint density at radius 3 is 2.36 bits per heavy atom. The third-order valence-electron chi connectivity index (χ3n) is 2.77. The number of carbonyl (C=O) groups is 1. The molecule has 0 radical (unpaired) electrons. The van der Waals surface area contributed by atoms with Gasteiger partial charge < -0.3 is 4.74 Å². The molecule has 25 heavy (non-hydrogen) atoms. The quantitative estimate of drug-likeness (QED) is 0.618. The summed E-state index contributed by atoms with van der Waals surface area (Å²) in [4.78, 5) is 12.8. The molecule has 11 heteroatoms. The normalized spacial score (nSPS) is 11.8. The Bertz CT molecular complexity index is 884. The molecule has 0 aliphatic rings. The number of amides is 1. The maximum Gasteiger partial charge on any atom is 0.573 e. The summed E-state index contributed by atoms with van der Waals surface area (Å²) < 4.78 is 77.6. The number of alkyl halides is 3. The molecule has 0 spiro atoms. The largest absolute Gasteiger partial charge is 0.573 e. The molecular formula is C14H10F4N2O4S. The predicted octanol–water partition coefficient (Wildman–Crippen LogP) is 2.35. The van der Waals surface area contributed by atoms with E-state index >= 15 is 0 Å². The lowest BCUT2D eigenvalue weighted by molar-refractivity contribution is -0.274. The van der Waals surface area contributed by atoms with Crippen molar-refractivity contribution in [2.75, 3.05) is 0 Å². The summed E-state index contributed by atoms with van der Waals surface area (Å²) in [5.41, 5.74) is 1.35. The van der Waals surface area contributed by atoms with Crippen LogP contribution in [0.1, 0.15) is 10.4 Å². The van der Waals surface area contributed by atoms with E-state index < -0.39 is 44.3 Å². The second-order valence-electron chi connectivity index (χ2n) is 4.56. The highest BCUT2D eigenvalue weighted by molar-refractivity contribution is 7.89. The van der Waals surface area contributed by atoms with Crippen molar-refractivity contribution in [2.45, 2.75) is 11.3 Å². The van der Waals surface area contributed by atoms with Crippen LogP contribution in [0.25, 0.3) is 0 Å². The fourth-order valence-corrected chi connectivity index (χ4v) is 2.60. The standard InChI is InChI=1S/C14H10F4N2O4S/c15-12-7-2-1-6-11(12)13(21)19-20-25(22,23)10-5-3-4-9(8-10)24-14(16,17)18/h1-8,20H,(H,19,21). The maximum absolute atomic E-state index is 13.4. The zero-order valence-corrected chi connectivity index (χ0v) is 13.0. The molecule has 2 rings (SSSR count). The molecule has 2 aromatic rings. The number of hydrogen-bond acceptors (Lipinski definition) is 4. The first-order valence-electron chi connectivity index (χ1n) is 6.51. The van der Waals surface area contributed by atoms with Gasteiger partial charge in [0.15, 0.2) is 0 Å². The number of ether oxygens (including phenoxy) is 1. The van der Waals surface area contributed by atoms with E-state index in [0.717, 1.165) is 30.3 Å². The molecule has 0 aliphatic carbocycles. The summed E-state index contributed by atoms with van der Waals surface area (Å²) in [6.07, 6.45) is -4.99. The van der Waals surface area contributed by atoms with Crippen molar-refractivity contribution in [3.05, 3.63) is 59.9 Å². The first-order chi connectivity index (χ1) is 11.6. The molecular weight excluding hydrogens is 368 g/mol. The molecule has 0 saturated heterocycles. The van der Waals surface area contributed by atoms with Crippen LogP contribution < -0.4 is 15.0 Å². The Morgan fingerprint density at radius 2 is 1.72 bits per heavy atom. The van der Waals surface area contributed by atoms with Crippen LogP contribution in [0.5, 0.6) is 5.75 Å². The highest BCUT2D eigenvalue weighted by Gasteiger charge is 2.31. The van der Waals surface area contributed by atoms with Crippen molar-refractivity contribution in [3.8, 4) is 5.75 Å². The second kappa shape index (κ2) is 7.07. The van der Waals surface area contributed by atoms with Crippen LogP contribution >= 0.6 is 0 Å². The summed E-state index contributed by atoms with van der Waals surface area (Å²) in [7, 11) is -4.41. The Hall–Kier alpha value is -2.66. The lowest BCUT2D eigenvalue weighted by Gasteiger charge is -2.11. The van der Waals surface area contributed by atoms with Gasteiger partial charge in [0, 0.05) is 6.07 Å². The van der Waals surface area contributed by atoms with E-state index in [-0.39, 0.29) is 0 Å². The number of carbonyl (C=O) groups excluding carboxylic acids is 1. The number of nitrogens with one attached hydrogen (secondary N) is 2. The van der Waals surface area contributed by atoms with Gasteiger partial charge in [-0.3, -0.25) is 10.2 Å². The number of sulfonamides is 1. The minimum absolute atomic E-state index is 0.417. The smallest absolute Gasteiger partial charge is 0.406 e. The van der Waals surface area contributed by atoms with Gasteiger partial charge in [0.2, 0.25) is 0 Å². The molecule has 6 nitrogen and oxygen atoms in total. The van der Waals surface area contributed by atoms with Crippen molar-refractivity contribution in [2.24, 2.45) is 0 Å². The summed E-state index contributed by atoms with van der Waals surface area (Å²) >= 11 is 0. The number of halogens is 4. The van der Waals surface area contributed by atoms with E-state index in [1.807, 2.05) is 0 Å². The molecule has 0 bridgehead atoms. The third-order valence-corrected chi connectivity index (χ3v) is 4.01. The van der Waals surface area contributed by atoms with Crippen molar-refractivity contribution in [1.82, 2.24) is 10.3 Å². The fraction of sp³-hybridized carbons (Fsp3) is 0.0714. The van der Waals surface area contributed by atoms with Gasteiger partial charge in [-0.2, -0.15) is 0 Å². The van der Waals surface area contributed by atoms with Crippen LogP contribution in [0.3, 0.4) is 0 Å². The lowest BCUT2D eigenvalue weighted by Crippen LogP contribution is -2.41. The van der Waals surface area contributed by atoms with Gasteiger partial charge in [0.25, 0.3) is 15.9 Å². The highest BCUT2D eigenvalue weighted by atomic mass is 32.2. The van der Waals surface area contributed by atoms with Crippen molar-refractivity contribution in [1.29, 1.82) is 0 Å². The average Bonchev–Trinajstić information content (AvgIpc) is 2.52. The van der Waals surface area contributed by atoms with Crippen molar-refractivity contribution < 1.29 is 35.5 Å². The molecule has 0 unspecified atom stereocenters. The summed E-state index contributed by atoms with van der Waals surface area (Å²) in [5, 5.41) is 0. The number of benzene rings is 2. The first kappa shape index (κ1) is 18.7. The van der Waals surface area contributed by atoms with Gasteiger partial charge in [-0.25, -0.2) is 12.8 Å². The van der Waals surface area contributed by atoms with E-state index in [9.17, 15) is 30.8 Å². The predicted molar refractivity (Wildman–Crippen MR) is 77.3 cm³/mol. The van der Waals surface area contributed by atoms with E-state index in [2.05, 4.69) is 4.74 Å². The third kappa shape index (κ3) is 5.16. The van der Waals surface area contributed by atoms with Crippen LogP contribution in [0.4, 0.5) is 17.6 Å². The lowest BCUT2D eigenvalue weighted by atomic mass is 10.2.